The molecule has 4 rings (SSSR count). The molecule has 4 nitrogen and oxygen atoms in total. The van der Waals surface area contributed by atoms with E-state index in [1.807, 2.05) is 78.9 Å². The molecule has 1 amide bonds. The largest absolute Gasteiger partial charge is 0.271 e. The fourth-order valence-corrected chi connectivity index (χ4v) is 3.85. The van der Waals surface area contributed by atoms with Gasteiger partial charge in [0.1, 0.15) is 0 Å². The van der Waals surface area contributed by atoms with Gasteiger partial charge in [-0.15, -0.1) is 0 Å². The number of thioether (sulfide) groups is 1. The van der Waals surface area contributed by atoms with Gasteiger partial charge in [0.05, 0.1) is 21.3 Å². The van der Waals surface area contributed by atoms with Gasteiger partial charge in [0, 0.05) is 12.4 Å². The van der Waals surface area contributed by atoms with Crippen molar-refractivity contribution >= 4 is 51.9 Å². The first kappa shape index (κ1) is 19.2. The molecule has 2 heterocycles. The highest BCUT2D eigenvalue weighted by Crippen LogP contribution is 2.37. The first-order valence-corrected chi connectivity index (χ1v) is 10.1. The van der Waals surface area contributed by atoms with Crippen molar-refractivity contribution in [3.8, 4) is 0 Å². The fourth-order valence-electron chi connectivity index (χ4n) is 2.74. The number of allylic oxidation sites excluding steroid dienone is 2. The Morgan fingerprint density at radius 2 is 1.72 bits per heavy atom. The molecule has 0 aliphatic carbocycles. The number of anilines is 1. The highest BCUT2D eigenvalue weighted by atomic mass is 35.5. The lowest BCUT2D eigenvalue weighted by atomic mass is 10.2. The van der Waals surface area contributed by atoms with Crippen molar-refractivity contribution in [1.82, 2.24) is 4.98 Å². The monoisotopic (exact) mass is 417 g/mol. The average molecular weight is 418 g/mol. The molecule has 0 radical (unpaired) electrons. The van der Waals surface area contributed by atoms with Crippen LogP contribution in [0.5, 0.6) is 0 Å². The van der Waals surface area contributed by atoms with Crippen molar-refractivity contribution in [3.05, 3.63) is 107 Å². The molecular formula is C23H16ClN3OS. The third-order valence-corrected chi connectivity index (χ3v) is 5.40. The lowest BCUT2D eigenvalue weighted by molar-refractivity contribution is -0.113. The number of aromatic nitrogens is 1. The van der Waals surface area contributed by atoms with E-state index in [-0.39, 0.29) is 5.91 Å². The van der Waals surface area contributed by atoms with E-state index in [2.05, 4.69) is 9.98 Å². The molecule has 0 spiro atoms. The number of hydrogen-bond donors (Lipinski definition) is 0. The topological polar surface area (TPSA) is 45.6 Å². The molecule has 2 aromatic carbocycles. The minimum Gasteiger partial charge on any atom is -0.268 e. The lowest BCUT2D eigenvalue weighted by Crippen LogP contribution is -2.28. The molecular weight excluding hydrogens is 402 g/mol. The zero-order chi connectivity index (χ0) is 20.1. The van der Waals surface area contributed by atoms with Gasteiger partial charge in [0.2, 0.25) is 0 Å². The highest BCUT2D eigenvalue weighted by molar-refractivity contribution is 8.19. The number of amides is 1. The molecule has 0 bridgehead atoms. The van der Waals surface area contributed by atoms with E-state index in [9.17, 15) is 4.79 Å². The van der Waals surface area contributed by atoms with Crippen molar-refractivity contribution in [1.29, 1.82) is 0 Å². The van der Waals surface area contributed by atoms with E-state index in [0.29, 0.717) is 20.8 Å². The highest BCUT2D eigenvalue weighted by Gasteiger charge is 2.34. The number of nitrogens with zero attached hydrogens (tertiary/aromatic N) is 3. The SMILES string of the molecule is O=C1/C(=C/C=C/c2ccccc2)SC(=Nc2ccncc2Cl)N1c1ccccc1. The summed E-state index contributed by atoms with van der Waals surface area (Å²) >= 11 is 7.53. The van der Waals surface area contributed by atoms with Gasteiger partial charge in [-0.05, 0) is 41.6 Å². The van der Waals surface area contributed by atoms with Crippen molar-refractivity contribution in [2.75, 3.05) is 4.90 Å². The number of amidine groups is 1. The van der Waals surface area contributed by atoms with E-state index in [0.717, 1.165) is 11.3 Å². The fraction of sp³-hybridized carbons (Fsp3) is 0. The molecule has 29 heavy (non-hydrogen) atoms. The summed E-state index contributed by atoms with van der Waals surface area (Å²) in [5, 5.41) is 0.983. The van der Waals surface area contributed by atoms with Gasteiger partial charge in [-0.3, -0.25) is 14.7 Å². The number of hydrogen-bond acceptors (Lipinski definition) is 4. The molecule has 3 aromatic rings. The minimum atomic E-state index is -0.122. The maximum Gasteiger partial charge on any atom is 0.271 e. The standard InChI is InChI=1S/C23H16ClN3OS/c24-19-16-25-15-14-20(19)26-23-27(18-11-5-2-6-12-18)22(28)21(29-23)13-7-10-17-8-3-1-4-9-17/h1-16H/b10-7+,21-13-,26-23?. The summed E-state index contributed by atoms with van der Waals surface area (Å²) in [6.45, 7) is 0. The van der Waals surface area contributed by atoms with Crippen LogP contribution in [0.4, 0.5) is 11.4 Å². The minimum absolute atomic E-state index is 0.122. The summed E-state index contributed by atoms with van der Waals surface area (Å²) in [6, 6.07) is 21.1. The maximum atomic E-state index is 13.1. The van der Waals surface area contributed by atoms with Gasteiger partial charge in [-0.25, -0.2) is 4.99 Å². The van der Waals surface area contributed by atoms with Crippen LogP contribution in [-0.4, -0.2) is 16.1 Å². The summed E-state index contributed by atoms with van der Waals surface area (Å²) in [4.78, 5) is 23.9. The molecule has 1 aromatic heterocycles. The van der Waals surface area contributed by atoms with Crippen LogP contribution in [-0.2, 0) is 4.79 Å². The van der Waals surface area contributed by atoms with Crippen LogP contribution in [0.2, 0.25) is 5.02 Å². The second-order valence-corrected chi connectivity index (χ2v) is 7.52. The van der Waals surface area contributed by atoms with E-state index in [1.165, 1.54) is 18.0 Å². The van der Waals surface area contributed by atoms with Gasteiger partial charge in [0.25, 0.3) is 5.91 Å². The number of rotatable bonds is 4. The van der Waals surface area contributed by atoms with E-state index in [1.54, 1.807) is 17.2 Å². The number of benzene rings is 2. The van der Waals surface area contributed by atoms with Crippen LogP contribution in [0.25, 0.3) is 6.08 Å². The van der Waals surface area contributed by atoms with Gasteiger partial charge in [-0.1, -0.05) is 72.3 Å². The third-order valence-electron chi connectivity index (χ3n) is 4.12. The average Bonchev–Trinajstić information content (AvgIpc) is 3.06. The Labute approximate surface area is 178 Å². The Morgan fingerprint density at radius 3 is 2.45 bits per heavy atom. The first-order chi connectivity index (χ1) is 14.2. The Morgan fingerprint density at radius 1 is 1.00 bits per heavy atom. The molecule has 1 fully saturated rings. The van der Waals surface area contributed by atoms with Crippen molar-refractivity contribution in [2.45, 2.75) is 0 Å². The normalized spacial score (nSPS) is 17.0. The Hall–Kier alpha value is -3.15. The molecule has 0 saturated carbocycles. The summed E-state index contributed by atoms with van der Waals surface area (Å²) in [5.41, 5.74) is 2.39. The van der Waals surface area contributed by atoms with Gasteiger partial charge in [0.15, 0.2) is 5.17 Å². The summed E-state index contributed by atoms with van der Waals surface area (Å²) in [5.74, 6) is -0.122. The number of para-hydroxylation sites is 1. The number of carbonyl (C=O) groups is 1. The number of aliphatic imine (C=N–C) groups is 1. The van der Waals surface area contributed by atoms with Crippen LogP contribution in [0.1, 0.15) is 5.56 Å². The molecule has 6 heteroatoms. The van der Waals surface area contributed by atoms with Crippen LogP contribution in [0.3, 0.4) is 0 Å². The summed E-state index contributed by atoms with van der Waals surface area (Å²) in [7, 11) is 0. The van der Waals surface area contributed by atoms with Gasteiger partial charge in [-0.2, -0.15) is 0 Å². The Balaban J connectivity index is 1.70. The second kappa shape index (κ2) is 8.90. The predicted molar refractivity (Wildman–Crippen MR) is 121 cm³/mol. The summed E-state index contributed by atoms with van der Waals surface area (Å²) < 4.78 is 0. The quantitative estimate of drug-likeness (QED) is 0.482. The van der Waals surface area contributed by atoms with E-state index < -0.39 is 0 Å². The molecule has 142 valence electrons. The lowest BCUT2D eigenvalue weighted by Gasteiger charge is -2.15. The Kier molecular flexibility index (Phi) is 5.89. The van der Waals surface area contributed by atoms with E-state index >= 15 is 0 Å². The van der Waals surface area contributed by atoms with Gasteiger partial charge >= 0.3 is 0 Å². The molecule has 1 saturated heterocycles. The number of halogens is 1. The molecule has 1 aliphatic heterocycles. The van der Waals surface area contributed by atoms with Crippen molar-refractivity contribution in [3.63, 3.8) is 0 Å². The van der Waals surface area contributed by atoms with Crippen LogP contribution >= 0.6 is 23.4 Å². The maximum absolute atomic E-state index is 13.1. The number of pyridine rings is 1. The van der Waals surface area contributed by atoms with E-state index in [4.69, 9.17) is 11.6 Å². The predicted octanol–water partition coefficient (Wildman–Crippen LogP) is 6.10. The van der Waals surface area contributed by atoms with Crippen molar-refractivity contribution in [2.24, 2.45) is 4.99 Å². The smallest absolute Gasteiger partial charge is 0.268 e. The van der Waals surface area contributed by atoms with Crippen molar-refractivity contribution < 1.29 is 4.79 Å². The third kappa shape index (κ3) is 4.47. The zero-order valence-corrected chi connectivity index (χ0v) is 16.8. The zero-order valence-electron chi connectivity index (χ0n) is 15.3. The molecule has 1 aliphatic rings. The first-order valence-electron chi connectivity index (χ1n) is 8.91. The van der Waals surface area contributed by atoms with Crippen LogP contribution in [0, 0.1) is 0 Å². The Bertz CT molecular complexity index is 1110. The molecule has 0 atom stereocenters. The van der Waals surface area contributed by atoms with Gasteiger partial charge < -0.3 is 0 Å². The number of carbonyl (C=O) groups excluding carboxylic acids is 1. The molecule has 0 unspecified atom stereocenters. The second-order valence-electron chi connectivity index (χ2n) is 6.10. The van der Waals surface area contributed by atoms with Crippen LogP contribution in [0.15, 0.2) is 101 Å². The molecule has 0 N–H and O–H groups in total. The summed E-state index contributed by atoms with van der Waals surface area (Å²) in [6.07, 6.45) is 8.81. The van der Waals surface area contributed by atoms with Crippen LogP contribution < -0.4 is 4.90 Å².